The van der Waals surface area contributed by atoms with E-state index in [0.29, 0.717) is 44.5 Å². The van der Waals surface area contributed by atoms with Gasteiger partial charge in [0.1, 0.15) is 6.33 Å². The largest absolute Gasteiger partial charge is 0.534 e. The van der Waals surface area contributed by atoms with Crippen molar-refractivity contribution in [1.29, 1.82) is 0 Å². The first-order chi connectivity index (χ1) is 64.0. The minimum absolute atomic E-state index is 0.0358. The fourth-order valence-corrected chi connectivity index (χ4v) is 17.8. The fourth-order valence-electron chi connectivity index (χ4n) is 16.5. The summed E-state index contributed by atoms with van der Waals surface area (Å²) in [6.07, 6.45) is 7.98. The van der Waals surface area contributed by atoms with Crippen LogP contribution >= 0.6 is 23.2 Å². The summed E-state index contributed by atoms with van der Waals surface area (Å²) >= 11 is 14.1. The Morgan fingerprint density at radius 1 is 0.197 bits per heavy atom. The van der Waals surface area contributed by atoms with E-state index in [0.717, 1.165) is 130 Å². The molecule has 0 radical (unpaired) electrons. The van der Waals surface area contributed by atoms with Gasteiger partial charge in [0.2, 0.25) is 0 Å². The van der Waals surface area contributed by atoms with Crippen molar-refractivity contribution >= 4 is 43.4 Å². The van der Waals surface area contributed by atoms with Gasteiger partial charge in [-0.3, -0.25) is 19.9 Å². The Balaban J connectivity index is 0.730. The molecule has 642 valence electrons. The summed E-state index contributed by atoms with van der Waals surface area (Å²) in [7, 11) is -12.9. The normalized spacial score (nSPS) is 11.8. The Labute approximate surface area is 766 Å². The zero-order valence-corrected chi connectivity index (χ0v) is 72.4. The molecule has 0 bridgehead atoms. The first-order valence-electron chi connectivity index (χ1n) is 41.5. The molecule has 0 aliphatic carbocycles. The third-order valence-electron chi connectivity index (χ3n) is 22.8. The van der Waals surface area contributed by atoms with Crippen molar-refractivity contribution in [3.63, 3.8) is 0 Å². The molecule has 22 heteroatoms. The van der Waals surface area contributed by atoms with Crippen LogP contribution in [0, 0.1) is 0 Å². The number of halogens is 8. The molecule has 0 amide bonds. The predicted octanol–water partition coefficient (Wildman–Crippen LogP) is 29.8. The summed E-state index contributed by atoms with van der Waals surface area (Å²) in [5.41, 5.74) is 9.32. The monoisotopic (exact) mass is 1820 g/mol. The second-order valence-corrected chi connectivity index (χ2v) is 35.0. The number of alkyl halides is 6. The maximum Gasteiger partial charge on any atom is 0.534 e. The maximum absolute atomic E-state index is 15.0. The van der Waals surface area contributed by atoms with Crippen LogP contribution in [0.1, 0.15) is 0 Å². The lowest BCUT2D eigenvalue weighted by Crippen LogP contribution is -2.28. The molecule has 0 saturated carbocycles. The Kier molecular flexibility index (Phi) is 23.5. The van der Waals surface area contributed by atoms with Crippen molar-refractivity contribution in [2.45, 2.75) is 11.0 Å². The lowest BCUT2D eigenvalue weighted by molar-refractivity contribution is -0.0504. The van der Waals surface area contributed by atoms with E-state index in [4.69, 9.17) is 31.6 Å². The van der Waals surface area contributed by atoms with E-state index >= 15 is 26.3 Å². The molecule has 12 nitrogen and oxygen atoms in total. The van der Waals surface area contributed by atoms with E-state index in [2.05, 4.69) is 42.0 Å². The van der Waals surface area contributed by atoms with Gasteiger partial charge in [-0.25, -0.2) is 9.97 Å². The van der Waals surface area contributed by atoms with E-state index in [9.17, 15) is 16.8 Å². The van der Waals surface area contributed by atoms with Crippen LogP contribution in [0.25, 0.3) is 201 Å². The Morgan fingerprint density at radius 3 is 0.674 bits per heavy atom. The van der Waals surface area contributed by atoms with E-state index in [1.54, 1.807) is 49.1 Å². The summed E-state index contributed by atoms with van der Waals surface area (Å²) in [4.78, 5) is 27.2. The first-order valence-corrected chi connectivity index (χ1v) is 45.0. The standard InChI is InChI=1S/C110H68Cl2F6N6O6S2/c111-85-47-51-95(99(65-85)83-59-79(91-21-5-1-17-87(91)69-29-37-73(38-30-69)101-25-9-13-53-119-101)57-80(60-83)92-22-6-2-18-88(92)70-31-39-74(40-32-70)102-26-10-14-54-120-102)97-49-45-77(63-107(97)129-131(125,126)109(113,114)115)105-67-106(124-68-123-105)78-46-50-98(108(64-78)130-132(127,128)110(116,117)118)96-52-48-86(112)66-100(96)84-61-81(93-23-7-3-19-89(93)71-33-41-75(42-34-71)103-27-11-15-55-121-103)58-82(62-84)94-24-8-4-20-90(94)72-35-43-76(44-36-72)104-28-12-16-56-122-104/h1-68H. The Morgan fingerprint density at radius 2 is 0.424 bits per heavy atom. The SMILES string of the molecule is O=S(=O)(Oc1cc(-c2cc(-c3ccc(-c4ccc(Cl)cc4-c4cc(-c5ccccc5-c5ccc(-c6ccccn6)cc5)cc(-c5ccccc5-c5ccc(-c6ccccn6)cc5)c4)c(OS(=O)(=O)C(F)(F)F)c3)ncn2)ccc1-c1ccc(Cl)cc1-c1cc(-c2ccccc2-c2ccc(-c3ccccn3)cc2)cc(-c2ccccc2-c2ccc(-c3ccccn3)cc2)c1)C(F)(F)F. The maximum atomic E-state index is 15.0. The van der Waals surface area contributed by atoms with Gasteiger partial charge in [0.25, 0.3) is 0 Å². The number of hydrogen-bond donors (Lipinski definition) is 0. The molecule has 0 N–H and O–H groups in total. The van der Waals surface area contributed by atoms with Crippen LogP contribution < -0.4 is 8.37 Å². The Bertz CT molecular complexity index is 7080. The number of nitrogens with zero attached hydrogens (tertiary/aromatic N) is 6. The highest BCUT2D eigenvalue weighted by atomic mass is 35.5. The van der Waals surface area contributed by atoms with Gasteiger partial charge in [-0.1, -0.05) is 266 Å². The van der Waals surface area contributed by atoms with Crippen molar-refractivity contribution in [3.05, 3.63) is 423 Å². The Hall–Kier alpha value is -15.6. The lowest BCUT2D eigenvalue weighted by atomic mass is 9.86. The second kappa shape index (κ2) is 36.2. The molecule has 0 fully saturated rings. The van der Waals surface area contributed by atoms with Crippen molar-refractivity contribution in [1.82, 2.24) is 29.9 Å². The van der Waals surface area contributed by atoms with Crippen molar-refractivity contribution < 1.29 is 51.5 Å². The number of rotatable bonds is 22. The van der Waals surface area contributed by atoms with Gasteiger partial charge >= 0.3 is 31.3 Å². The van der Waals surface area contributed by atoms with Crippen LogP contribution in [0.4, 0.5) is 26.3 Å². The average molecular weight is 1820 g/mol. The zero-order chi connectivity index (χ0) is 90.8. The van der Waals surface area contributed by atoms with Gasteiger partial charge < -0.3 is 8.37 Å². The van der Waals surface area contributed by atoms with Crippen LogP contribution in [-0.2, 0) is 20.2 Å². The summed E-state index contributed by atoms with van der Waals surface area (Å²) < 4.78 is 155. The fraction of sp³-hybridized carbons (Fsp3) is 0.0182. The minimum atomic E-state index is -6.47. The average Bonchev–Trinajstić information content (AvgIpc) is 0.757. The molecule has 14 aromatic carbocycles. The van der Waals surface area contributed by atoms with Gasteiger partial charge in [-0.2, -0.15) is 43.2 Å². The van der Waals surface area contributed by atoms with E-state index < -0.39 is 42.8 Å². The van der Waals surface area contributed by atoms with Crippen LogP contribution in [0.15, 0.2) is 413 Å². The molecular formula is C110H68Cl2F6N6O6S2. The number of hydrogen-bond acceptors (Lipinski definition) is 12. The first kappa shape index (κ1) is 85.8. The van der Waals surface area contributed by atoms with Gasteiger partial charge in [0, 0.05) is 79.3 Å². The quantitative estimate of drug-likeness (QED) is 0.0359. The van der Waals surface area contributed by atoms with E-state index in [-0.39, 0.29) is 54.8 Å². The zero-order valence-electron chi connectivity index (χ0n) is 69.2. The van der Waals surface area contributed by atoms with Crippen LogP contribution in [0.5, 0.6) is 11.5 Å². The lowest BCUT2D eigenvalue weighted by Gasteiger charge is -2.20. The highest BCUT2D eigenvalue weighted by Crippen LogP contribution is 2.51. The molecule has 19 rings (SSSR count). The summed E-state index contributed by atoms with van der Waals surface area (Å²) in [6.45, 7) is 0. The minimum Gasteiger partial charge on any atom is -0.375 e. The molecule has 5 heterocycles. The summed E-state index contributed by atoms with van der Waals surface area (Å²) in [6, 6.07) is 117. The third kappa shape index (κ3) is 17.9. The van der Waals surface area contributed by atoms with E-state index in [1.165, 1.54) is 42.5 Å². The van der Waals surface area contributed by atoms with E-state index in [1.807, 2.05) is 291 Å². The molecule has 0 aliphatic rings. The van der Waals surface area contributed by atoms with Gasteiger partial charge in [0.05, 0.1) is 34.2 Å². The van der Waals surface area contributed by atoms with Gasteiger partial charge in [0.15, 0.2) is 11.5 Å². The van der Waals surface area contributed by atoms with Gasteiger partial charge in [-0.15, -0.1) is 0 Å². The highest BCUT2D eigenvalue weighted by Gasteiger charge is 2.50. The molecule has 5 aromatic heterocycles. The molecule has 132 heavy (non-hydrogen) atoms. The number of aromatic nitrogens is 6. The summed E-state index contributed by atoms with van der Waals surface area (Å²) in [5.74, 6) is -1.60. The topological polar surface area (TPSA) is 164 Å². The molecule has 0 atom stereocenters. The van der Waals surface area contributed by atoms with Crippen molar-refractivity contribution in [2.75, 3.05) is 0 Å². The smallest absolute Gasteiger partial charge is 0.375 e. The van der Waals surface area contributed by atoms with Crippen molar-refractivity contribution in [2.24, 2.45) is 0 Å². The molecule has 0 unspecified atom stereocenters. The molecule has 0 aliphatic heterocycles. The van der Waals surface area contributed by atoms with Crippen molar-refractivity contribution in [3.8, 4) is 213 Å². The number of benzene rings is 14. The second-order valence-electron chi connectivity index (χ2n) is 31.0. The predicted molar refractivity (Wildman–Crippen MR) is 512 cm³/mol. The van der Waals surface area contributed by atoms with Crippen LogP contribution in [0.2, 0.25) is 10.0 Å². The van der Waals surface area contributed by atoms with Gasteiger partial charge in [-0.05, 0) is 262 Å². The number of pyridine rings is 4. The van der Waals surface area contributed by atoms with Crippen LogP contribution in [-0.4, -0.2) is 57.8 Å². The van der Waals surface area contributed by atoms with Crippen LogP contribution in [0.3, 0.4) is 0 Å². The third-order valence-corrected chi connectivity index (χ3v) is 25.2. The molecular weight excluding hydrogens is 1750 g/mol. The molecule has 0 spiro atoms. The summed E-state index contributed by atoms with van der Waals surface area (Å²) in [5, 5.41) is 0.416. The molecule has 0 saturated heterocycles. The highest BCUT2D eigenvalue weighted by molar-refractivity contribution is 7.88. The molecule has 19 aromatic rings.